The second kappa shape index (κ2) is 7.81. The van der Waals surface area contributed by atoms with Gasteiger partial charge in [0.05, 0.1) is 11.0 Å². The van der Waals surface area contributed by atoms with Crippen molar-refractivity contribution >= 4 is 22.8 Å². The number of amides is 2. The van der Waals surface area contributed by atoms with Crippen LogP contribution in [0.25, 0.3) is 11.0 Å². The summed E-state index contributed by atoms with van der Waals surface area (Å²) in [6.45, 7) is 1.57. The normalized spacial score (nSPS) is 26.9. The van der Waals surface area contributed by atoms with E-state index in [2.05, 4.69) is 15.3 Å². The SMILES string of the molecule is O=C(NC1CCCC1)[C@@H]1C[C@H]2CCN(C(=O)CCc3nc4ccccc4[nH]3)C[C@H]21. The van der Waals surface area contributed by atoms with E-state index in [-0.39, 0.29) is 17.7 Å². The van der Waals surface area contributed by atoms with Crippen LogP contribution in [0.5, 0.6) is 0 Å². The first-order valence-corrected chi connectivity index (χ1v) is 11.2. The van der Waals surface area contributed by atoms with Gasteiger partial charge in [-0.15, -0.1) is 0 Å². The number of aryl methyl sites for hydroxylation is 1. The Balaban J connectivity index is 1.14. The average molecular weight is 395 g/mol. The van der Waals surface area contributed by atoms with Gasteiger partial charge in [-0.2, -0.15) is 0 Å². The van der Waals surface area contributed by atoms with E-state index in [1.165, 1.54) is 12.8 Å². The highest BCUT2D eigenvalue weighted by Crippen LogP contribution is 2.46. The molecule has 1 aliphatic heterocycles. The highest BCUT2D eigenvalue weighted by molar-refractivity contribution is 5.81. The number of fused-ring (bicyclic) bond motifs is 2. The summed E-state index contributed by atoms with van der Waals surface area (Å²) in [7, 11) is 0. The molecule has 3 atom stereocenters. The first-order valence-electron chi connectivity index (χ1n) is 11.2. The van der Waals surface area contributed by atoms with Crippen LogP contribution in [0.15, 0.2) is 24.3 Å². The van der Waals surface area contributed by atoms with Crippen LogP contribution in [-0.4, -0.2) is 45.8 Å². The van der Waals surface area contributed by atoms with Crippen molar-refractivity contribution in [2.75, 3.05) is 13.1 Å². The Bertz CT molecular complexity index is 868. The zero-order chi connectivity index (χ0) is 19.8. The Kier molecular flexibility index (Phi) is 5.02. The first-order chi connectivity index (χ1) is 14.2. The number of hydrogen-bond donors (Lipinski definition) is 2. The van der Waals surface area contributed by atoms with Crippen LogP contribution in [0.4, 0.5) is 0 Å². The summed E-state index contributed by atoms with van der Waals surface area (Å²) < 4.78 is 0. The molecular weight excluding hydrogens is 364 g/mol. The second-order valence-electron chi connectivity index (χ2n) is 9.09. The van der Waals surface area contributed by atoms with E-state index in [1.54, 1.807) is 0 Å². The predicted octanol–water partition coefficient (Wildman–Crippen LogP) is 3.04. The molecule has 2 N–H and O–H groups in total. The molecule has 5 rings (SSSR count). The van der Waals surface area contributed by atoms with Crippen molar-refractivity contribution in [1.82, 2.24) is 20.2 Å². The molecule has 3 fully saturated rings. The number of carbonyl (C=O) groups excluding carboxylic acids is 2. The van der Waals surface area contributed by atoms with E-state index < -0.39 is 0 Å². The fourth-order valence-corrected chi connectivity index (χ4v) is 5.50. The number of likely N-dealkylation sites (tertiary alicyclic amines) is 1. The maximum Gasteiger partial charge on any atom is 0.223 e. The van der Waals surface area contributed by atoms with Crippen molar-refractivity contribution < 1.29 is 9.59 Å². The molecular formula is C23H30N4O2. The predicted molar refractivity (Wildman–Crippen MR) is 111 cm³/mol. The number of piperidine rings is 1. The molecule has 2 aliphatic carbocycles. The average Bonchev–Trinajstić information content (AvgIpc) is 3.36. The van der Waals surface area contributed by atoms with Crippen LogP contribution in [0.2, 0.25) is 0 Å². The molecule has 6 nitrogen and oxygen atoms in total. The Hall–Kier alpha value is -2.37. The monoisotopic (exact) mass is 394 g/mol. The van der Waals surface area contributed by atoms with Crippen molar-refractivity contribution in [3.05, 3.63) is 30.1 Å². The maximum absolute atomic E-state index is 12.8. The molecule has 3 aliphatic rings. The third-order valence-electron chi connectivity index (χ3n) is 7.29. The number of aromatic amines is 1. The third kappa shape index (κ3) is 3.77. The summed E-state index contributed by atoms with van der Waals surface area (Å²) in [5, 5.41) is 3.26. The summed E-state index contributed by atoms with van der Waals surface area (Å²) in [5.41, 5.74) is 1.96. The van der Waals surface area contributed by atoms with E-state index >= 15 is 0 Å². The van der Waals surface area contributed by atoms with Gasteiger partial charge >= 0.3 is 0 Å². The number of nitrogens with zero attached hydrogens (tertiary/aromatic N) is 2. The Morgan fingerprint density at radius 2 is 2.00 bits per heavy atom. The van der Waals surface area contributed by atoms with Crippen molar-refractivity contribution in [2.24, 2.45) is 17.8 Å². The lowest BCUT2D eigenvalue weighted by Crippen LogP contribution is -2.56. The van der Waals surface area contributed by atoms with E-state index in [1.807, 2.05) is 29.2 Å². The quantitative estimate of drug-likeness (QED) is 0.818. The molecule has 0 unspecified atom stereocenters. The molecule has 2 saturated carbocycles. The number of carbonyl (C=O) groups is 2. The van der Waals surface area contributed by atoms with Crippen LogP contribution in [0.1, 0.15) is 50.8 Å². The lowest BCUT2D eigenvalue weighted by atomic mass is 9.61. The van der Waals surface area contributed by atoms with Gasteiger partial charge in [0.25, 0.3) is 0 Å². The minimum Gasteiger partial charge on any atom is -0.353 e. The number of aromatic nitrogens is 2. The molecule has 1 saturated heterocycles. The summed E-state index contributed by atoms with van der Waals surface area (Å²) in [5.74, 6) is 2.35. The van der Waals surface area contributed by atoms with Crippen molar-refractivity contribution in [1.29, 1.82) is 0 Å². The van der Waals surface area contributed by atoms with E-state index in [4.69, 9.17) is 0 Å². The standard InChI is InChI=1S/C23H30N4O2/c28-22(10-9-21-25-19-7-3-4-8-20(19)26-21)27-12-11-15-13-17(18(15)14-27)23(29)24-16-5-1-2-6-16/h3-4,7-8,15-18H,1-2,5-6,9-14H2,(H,24,29)(H,25,26)/t15-,17-,18-/m1/s1. The van der Waals surface area contributed by atoms with Crippen LogP contribution in [-0.2, 0) is 16.0 Å². The van der Waals surface area contributed by atoms with Gasteiger partial charge in [-0.1, -0.05) is 25.0 Å². The smallest absolute Gasteiger partial charge is 0.223 e. The fourth-order valence-electron chi connectivity index (χ4n) is 5.50. The summed E-state index contributed by atoms with van der Waals surface area (Å²) >= 11 is 0. The minimum atomic E-state index is 0.103. The van der Waals surface area contributed by atoms with Gasteiger partial charge in [0.1, 0.15) is 5.82 Å². The highest BCUT2D eigenvalue weighted by Gasteiger charge is 2.48. The van der Waals surface area contributed by atoms with Crippen LogP contribution >= 0.6 is 0 Å². The third-order valence-corrected chi connectivity index (χ3v) is 7.29. The number of rotatable bonds is 5. The number of benzene rings is 1. The molecule has 0 bridgehead atoms. The molecule has 0 spiro atoms. The van der Waals surface area contributed by atoms with Gasteiger partial charge in [0, 0.05) is 37.9 Å². The zero-order valence-corrected chi connectivity index (χ0v) is 16.9. The summed E-state index contributed by atoms with van der Waals surface area (Å²) in [6.07, 6.45) is 7.85. The lowest BCUT2D eigenvalue weighted by molar-refractivity contribution is -0.145. The number of hydrogen-bond acceptors (Lipinski definition) is 3. The fraction of sp³-hybridized carbons (Fsp3) is 0.609. The molecule has 0 radical (unpaired) electrons. The van der Waals surface area contributed by atoms with Gasteiger partial charge in [-0.25, -0.2) is 4.98 Å². The first kappa shape index (κ1) is 18.6. The molecule has 29 heavy (non-hydrogen) atoms. The van der Waals surface area contributed by atoms with Gasteiger partial charge in [0.15, 0.2) is 0 Å². The van der Waals surface area contributed by atoms with E-state index in [0.717, 1.165) is 55.6 Å². The second-order valence-corrected chi connectivity index (χ2v) is 9.09. The Labute approximate surface area is 171 Å². The minimum absolute atomic E-state index is 0.103. The van der Waals surface area contributed by atoms with Crippen LogP contribution in [0.3, 0.4) is 0 Å². The molecule has 1 aromatic heterocycles. The van der Waals surface area contributed by atoms with Gasteiger partial charge in [-0.3, -0.25) is 9.59 Å². The van der Waals surface area contributed by atoms with Crippen LogP contribution in [0, 0.1) is 17.8 Å². The Morgan fingerprint density at radius 3 is 2.83 bits per heavy atom. The lowest BCUT2D eigenvalue weighted by Gasteiger charge is -2.50. The van der Waals surface area contributed by atoms with Gasteiger partial charge in [-0.05, 0) is 49.7 Å². The molecule has 6 heteroatoms. The molecule has 2 aromatic rings. The topological polar surface area (TPSA) is 78.1 Å². The molecule has 2 amide bonds. The van der Waals surface area contributed by atoms with Crippen LogP contribution < -0.4 is 5.32 Å². The van der Waals surface area contributed by atoms with Crippen molar-refractivity contribution in [3.8, 4) is 0 Å². The number of para-hydroxylation sites is 2. The van der Waals surface area contributed by atoms with E-state index in [0.29, 0.717) is 30.7 Å². The molecule has 154 valence electrons. The summed E-state index contributed by atoms with van der Waals surface area (Å²) in [6, 6.07) is 8.32. The highest BCUT2D eigenvalue weighted by atomic mass is 16.2. The largest absolute Gasteiger partial charge is 0.353 e. The number of imidazole rings is 1. The van der Waals surface area contributed by atoms with Gasteiger partial charge in [0.2, 0.25) is 11.8 Å². The van der Waals surface area contributed by atoms with Crippen molar-refractivity contribution in [2.45, 2.75) is 57.4 Å². The molecule has 2 heterocycles. The maximum atomic E-state index is 12.8. The molecule has 1 aromatic carbocycles. The number of nitrogens with one attached hydrogen (secondary N) is 2. The van der Waals surface area contributed by atoms with Crippen molar-refractivity contribution in [3.63, 3.8) is 0 Å². The summed E-state index contributed by atoms with van der Waals surface area (Å²) in [4.78, 5) is 35.3. The van der Waals surface area contributed by atoms with Gasteiger partial charge < -0.3 is 15.2 Å². The Morgan fingerprint density at radius 1 is 1.17 bits per heavy atom. The van der Waals surface area contributed by atoms with E-state index in [9.17, 15) is 9.59 Å². The number of H-pyrrole nitrogens is 1. The zero-order valence-electron chi connectivity index (χ0n) is 16.9.